The van der Waals surface area contributed by atoms with E-state index < -0.39 is 43.1 Å². The number of halogens is 3. The second-order valence-corrected chi connectivity index (χ2v) is 16.1. The topological polar surface area (TPSA) is 177 Å². The Morgan fingerprint density at radius 2 is 1.76 bits per heavy atom. The molecular formula is C38H49Cl2FN3O9P. The molecule has 2 aromatic rings. The van der Waals surface area contributed by atoms with Crippen molar-refractivity contribution in [2.24, 2.45) is 5.73 Å². The van der Waals surface area contributed by atoms with Gasteiger partial charge in [0.1, 0.15) is 23.5 Å². The van der Waals surface area contributed by atoms with Gasteiger partial charge in [0, 0.05) is 37.1 Å². The number of anilines is 2. The van der Waals surface area contributed by atoms with Gasteiger partial charge >= 0.3 is 5.97 Å². The molecule has 4 atom stereocenters. The molecule has 12 nitrogen and oxygen atoms in total. The van der Waals surface area contributed by atoms with Crippen molar-refractivity contribution in [3.05, 3.63) is 63.4 Å². The number of rotatable bonds is 13. The number of carboxylic acids is 1. The summed E-state index contributed by atoms with van der Waals surface area (Å²) in [6.45, 7) is 9.37. The average molecular weight is 813 g/mol. The number of methoxy groups -OCH3 is 1. The van der Waals surface area contributed by atoms with Crippen molar-refractivity contribution >= 4 is 65.6 Å². The minimum atomic E-state index is -3.10. The maximum Gasteiger partial charge on any atom is 0.320 e. The average Bonchev–Trinajstić information content (AvgIpc) is 3.37. The fourth-order valence-electron chi connectivity index (χ4n) is 5.79. The number of para-hydroxylation sites is 1. The number of terminal acetylenes is 1. The zero-order chi connectivity index (χ0) is 40.9. The van der Waals surface area contributed by atoms with Crippen LogP contribution in [0.25, 0.3) is 0 Å². The van der Waals surface area contributed by atoms with Crippen LogP contribution in [0.1, 0.15) is 64.0 Å². The van der Waals surface area contributed by atoms with Gasteiger partial charge in [-0.1, -0.05) is 42.6 Å². The third-order valence-corrected chi connectivity index (χ3v) is 10.1. The van der Waals surface area contributed by atoms with Gasteiger partial charge in [-0.3, -0.25) is 23.7 Å². The number of aliphatic carboxylic acids is 1. The molecule has 16 heteroatoms. The van der Waals surface area contributed by atoms with E-state index in [9.17, 15) is 28.1 Å². The van der Waals surface area contributed by atoms with Crippen LogP contribution < -0.4 is 20.3 Å². The summed E-state index contributed by atoms with van der Waals surface area (Å²) in [5, 5.41) is 8.31. The molecule has 0 saturated heterocycles. The maximum atomic E-state index is 14.4. The number of carbonyl (C=O) groups excluding carboxylic acids is 3. The summed E-state index contributed by atoms with van der Waals surface area (Å²) in [5.74, 6) is -0.443. The molecule has 0 aromatic heterocycles. The summed E-state index contributed by atoms with van der Waals surface area (Å²) in [6.07, 6.45) is 8.35. The molecule has 4 unspecified atom stereocenters. The zero-order valence-corrected chi connectivity index (χ0v) is 33.8. The number of benzene rings is 2. The SMILES string of the molecule is C#CC(C)Oc1cc(N2C(=O)C3=C(CCCC3)C2=O)c(F)cc1Cl.CCc1cccc(C)c1N(C(=O)CCl)C(C)COC.CP(=O)(O)CCC(N)C(=O)O. The molecule has 0 fully saturated rings. The van der Waals surface area contributed by atoms with Crippen molar-refractivity contribution in [1.82, 2.24) is 0 Å². The highest BCUT2D eigenvalue weighted by atomic mass is 35.5. The van der Waals surface area contributed by atoms with Gasteiger partial charge in [-0.25, -0.2) is 9.29 Å². The molecule has 0 radical (unpaired) electrons. The molecule has 4 rings (SSSR count). The Hall–Kier alpha value is -3.76. The van der Waals surface area contributed by atoms with Gasteiger partial charge < -0.3 is 30.1 Å². The van der Waals surface area contributed by atoms with Gasteiger partial charge in [-0.05, 0) is 76.5 Å². The van der Waals surface area contributed by atoms with Crippen LogP contribution in [0, 0.1) is 25.1 Å². The largest absolute Gasteiger partial charge is 0.480 e. The highest BCUT2D eigenvalue weighted by molar-refractivity contribution is 7.57. The van der Waals surface area contributed by atoms with E-state index in [2.05, 4.69) is 18.9 Å². The predicted molar refractivity (Wildman–Crippen MR) is 209 cm³/mol. The van der Waals surface area contributed by atoms with Crippen LogP contribution >= 0.6 is 30.6 Å². The summed E-state index contributed by atoms with van der Waals surface area (Å²) in [6, 6.07) is 7.28. The zero-order valence-electron chi connectivity index (χ0n) is 31.4. The van der Waals surface area contributed by atoms with E-state index in [-0.39, 0.29) is 46.9 Å². The molecule has 1 heterocycles. The van der Waals surface area contributed by atoms with Crippen LogP contribution in [0.4, 0.5) is 15.8 Å². The monoisotopic (exact) mass is 811 g/mol. The second kappa shape index (κ2) is 21.4. The Labute approximate surface area is 326 Å². The molecule has 3 amide bonds. The van der Waals surface area contributed by atoms with Crippen LogP contribution in [0.15, 0.2) is 41.5 Å². The van der Waals surface area contributed by atoms with E-state index in [1.54, 1.807) is 18.9 Å². The number of carboxylic acid groups (broad SMARTS) is 1. The molecule has 296 valence electrons. The summed E-state index contributed by atoms with van der Waals surface area (Å²) in [7, 11) is -1.47. The lowest BCUT2D eigenvalue weighted by molar-refractivity contribution is -0.138. The Morgan fingerprint density at radius 1 is 1.17 bits per heavy atom. The van der Waals surface area contributed by atoms with Crippen LogP contribution in [0.2, 0.25) is 5.02 Å². The number of nitrogens with zero attached hydrogens (tertiary/aromatic N) is 2. The van der Waals surface area contributed by atoms with E-state index >= 15 is 0 Å². The Balaban J connectivity index is 0.000000301. The van der Waals surface area contributed by atoms with Gasteiger partial charge in [-0.2, -0.15) is 0 Å². The highest BCUT2D eigenvalue weighted by Gasteiger charge is 2.41. The maximum absolute atomic E-state index is 14.4. The first-order chi connectivity index (χ1) is 25.3. The molecule has 1 aliphatic carbocycles. The second-order valence-electron chi connectivity index (χ2n) is 12.9. The van der Waals surface area contributed by atoms with Crippen LogP contribution in [-0.4, -0.2) is 84.3 Å². The van der Waals surface area contributed by atoms with Crippen molar-refractivity contribution in [2.45, 2.75) is 84.4 Å². The third kappa shape index (κ3) is 12.7. The van der Waals surface area contributed by atoms with E-state index in [0.717, 1.165) is 47.0 Å². The van der Waals surface area contributed by atoms with Crippen molar-refractivity contribution in [1.29, 1.82) is 0 Å². The van der Waals surface area contributed by atoms with E-state index in [1.807, 2.05) is 26.0 Å². The Kier molecular flexibility index (Phi) is 18.4. The molecule has 2 aromatic carbocycles. The van der Waals surface area contributed by atoms with Crippen LogP contribution in [0.5, 0.6) is 5.75 Å². The van der Waals surface area contributed by atoms with Crippen molar-refractivity contribution < 1.29 is 47.6 Å². The summed E-state index contributed by atoms with van der Waals surface area (Å²) >= 11 is 11.7. The van der Waals surface area contributed by atoms with E-state index in [4.69, 9.17) is 54.8 Å². The van der Waals surface area contributed by atoms with E-state index in [0.29, 0.717) is 30.6 Å². The number of ether oxygens (including phenoxy) is 2. The molecule has 2 aliphatic rings. The normalized spacial score (nSPS) is 16.4. The number of carbonyl (C=O) groups is 4. The molecule has 0 bridgehead atoms. The number of nitrogens with two attached hydrogens (primary N) is 1. The quantitative estimate of drug-likeness (QED) is 0.0879. The Bertz CT molecular complexity index is 1780. The van der Waals surface area contributed by atoms with Gasteiger partial charge in [0.2, 0.25) is 5.91 Å². The summed E-state index contributed by atoms with van der Waals surface area (Å²) < 4.78 is 35.6. The molecule has 1 aliphatic heterocycles. The van der Waals surface area contributed by atoms with Crippen molar-refractivity contribution in [3.8, 4) is 18.1 Å². The first-order valence-electron chi connectivity index (χ1n) is 17.3. The molecule has 4 N–H and O–H groups in total. The lowest BCUT2D eigenvalue weighted by Crippen LogP contribution is -2.43. The third-order valence-electron chi connectivity index (χ3n) is 8.52. The number of hydrogen-bond acceptors (Lipinski definition) is 8. The summed E-state index contributed by atoms with van der Waals surface area (Å²) in [5.41, 5.74) is 9.11. The molecule has 0 saturated carbocycles. The molecule has 54 heavy (non-hydrogen) atoms. The fourth-order valence-corrected chi connectivity index (χ4v) is 6.87. The lowest BCUT2D eigenvalue weighted by atomic mass is 9.93. The molecule has 0 spiro atoms. The lowest BCUT2D eigenvalue weighted by Gasteiger charge is -2.31. The van der Waals surface area contributed by atoms with Crippen LogP contribution in [-0.2, 0) is 34.9 Å². The predicted octanol–water partition coefficient (Wildman–Crippen LogP) is 6.48. The smallest absolute Gasteiger partial charge is 0.320 e. The standard InChI is InChI=1S/C18H15ClFNO3.C15H22ClNO2.C5H12NO4P/c1-3-10(2)24-16-9-15(14(20)8-13(16)19)21-17(22)11-6-4-5-7-12(11)18(21)23;1-5-13-8-6-7-11(2)15(13)17(14(18)9-16)12(3)10-19-4;1-11(9,10)3-2-4(6)5(7)8/h1,8-10H,4-7H2,2H3;6-8,12H,5,9-10H2,1-4H3;4H,2-3,6H2,1H3,(H,7,8)(H,9,10). The molecular weight excluding hydrogens is 763 g/mol. The minimum Gasteiger partial charge on any atom is -0.480 e. The number of aryl methyl sites for hydroxylation is 2. The number of amides is 3. The van der Waals surface area contributed by atoms with Crippen molar-refractivity contribution in [3.63, 3.8) is 0 Å². The first-order valence-corrected chi connectivity index (χ1v) is 20.5. The minimum absolute atomic E-state index is 0.0223. The number of alkyl halides is 1. The van der Waals surface area contributed by atoms with Crippen molar-refractivity contribution in [2.75, 3.05) is 42.2 Å². The van der Waals surface area contributed by atoms with Gasteiger partial charge in [0.15, 0.2) is 13.5 Å². The first kappa shape index (κ1) is 46.4. The Morgan fingerprint density at radius 3 is 2.24 bits per heavy atom. The van der Waals surface area contributed by atoms with Crippen LogP contribution in [0.3, 0.4) is 0 Å². The number of hydrogen-bond donors (Lipinski definition) is 3. The summed E-state index contributed by atoms with van der Waals surface area (Å²) in [4.78, 5) is 58.8. The van der Waals surface area contributed by atoms with E-state index in [1.165, 1.54) is 12.7 Å². The fraction of sp³-hybridized carbons (Fsp3) is 0.474. The highest BCUT2D eigenvalue weighted by Crippen LogP contribution is 2.40. The number of imide groups is 1. The van der Waals surface area contributed by atoms with Gasteiger partial charge in [0.05, 0.1) is 29.0 Å². The van der Waals surface area contributed by atoms with Gasteiger partial charge in [-0.15, -0.1) is 18.0 Å². The van der Waals surface area contributed by atoms with Gasteiger partial charge in [0.25, 0.3) is 11.8 Å².